The van der Waals surface area contributed by atoms with Gasteiger partial charge in [0.15, 0.2) is 11.6 Å². The molecule has 0 radical (unpaired) electrons. The molecule has 1 amide bonds. The Labute approximate surface area is 216 Å². The highest BCUT2D eigenvalue weighted by Gasteiger charge is 2.35. The third-order valence-electron chi connectivity index (χ3n) is 6.86. The lowest BCUT2D eigenvalue weighted by molar-refractivity contribution is -0.113. The lowest BCUT2D eigenvalue weighted by Crippen LogP contribution is -2.53. The lowest BCUT2D eigenvalue weighted by Gasteiger charge is -2.40. The van der Waals surface area contributed by atoms with Gasteiger partial charge >= 0.3 is 0 Å². The maximum Gasteiger partial charge on any atom is 0.236 e. The van der Waals surface area contributed by atoms with Crippen LogP contribution in [0, 0.1) is 11.6 Å². The summed E-state index contributed by atoms with van der Waals surface area (Å²) in [6.07, 6.45) is 5.85. The van der Waals surface area contributed by atoms with Crippen LogP contribution in [0.25, 0.3) is 11.0 Å². The summed E-state index contributed by atoms with van der Waals surface area (Å²) in [5, 5.41) is 20.5. The van der Waals surface area contributed by atoms with Crippen LogP contribution in [-0.2, 0) is 17.9 Å². The van der Waals surface area contributed by atoms with Gasteiger partial charge in [-0.25, -0.2) is 28.7 Å². The molecule has 4 N–H and O–H groups in total. The van der Waals surface area contributed by atoms with E-state index in [-0.39, 0.29) is 47.6 Å². The Morgan fingerprint density at radius 3 is 2.73 bits per heavy atom. The normalized spacial score (nSPS) is 21.5. The van der Waals surface area contributed by atoms with E-state index in [9.17, 15) is 18.7 Å². The van der Waals surface area contributed by atoms with Crippen LogP contribution >= 0.6 is 11.8 Å². The summed E-state index contributed by atoms with van der Waals surface area (Å²) in [4.78, 5) is 28.7. The molecule has 1 saturated carbocycles. The predicted molar refractivity (Wildman–Crippen MR) is 133 cm³/mol. The minimum absolute atomic E-state index is 0.0339. The molecule has 1 aliphatic carbocycles. The number of anilines is 1. The molecule has 13 heteroatoms. The van der Waals surface area contributed by atoms with Gasteiger partial charge in [0.05, 0.1) is 37.6 Å². The summed E-state index contributed by atoms with van der Waals surface area (Å²) >= 11 is 1.37. The summed E-state index contributed by atoms with van der Waals surface area (Å²) in [6, 6.07) is 1.00. The second kappa shape index (κ2) is 10.8. The molecule has 2 aliphatic rings. The molecule has 1 aromatic carbocycles. The molecule has 3 aromatic rings. The van der Waals surface area contributed by atoms with E-state index >= 15 is 0 Å². The number of fused-ring (bicyclic) bond motifs is 2. The van der Waals surface area contributed by atoms with Gasteiger partial charge in [-0.2, -0.15) is 0 Å². The van der Waals surface area contributed by atoms with Crippen molar-refractivity contribution in [2.45, 2.75) is 55.4 Å². The topological polar surface area (TPSA) is 134 Å². The number of carbonyl (C=O) groups is 1. The number of nitrogens with one attached hydrogen (secondary N) is 3. The third-order valence-corrected chi connectivity index (χ3v) is 7.84. The number of aliphatic hydroxyl groups excluding tert-OH is 1. The molecule has 0 bridgehead atoms. The smallest absolute Gasteiger partial charge is 0.236 e. The van der Waals surface area contributed by atoms with Crippen molar-refractivity contribution in [1.29, 1.82) is 0 Å². The monoisotopic (exact) mass is 531 g/mol. The van der Waals surface area contributed by atoms with E-state index in [1.807, 2.05) is 0 Å². The number of rotatable bonds is 8. The highest BCUT2D eigenvalue weighted by Crippen LogP contribution is 2.31. The van der Waals surface area contributed by atoms with Crippen LogP contribution in [-0.4, -0.2) is 62.0 Å². The van der Waals surface area contributed by atoms with Gasteiger partial charge < -0.3 is 25.8 Å². The Morgan fingerprint density at radius 2 is 1.97 bits per heavy atom. The minimum atomic E-state index is -0.792. The van der Waals surface area contributed by atoms with Crippen molar-refractivity contribution in [2.24, 2.45) is 0 Å². The predicted octanol–water partition coefficient (Wildman–Crippen LogP) is 2.30. The van der Waals surface area contributed by atoms with E-state index in [0.29, 0.717) is 31.0 Å². The van der Waals surface area contributed by atoms with E-state index in [1.165, 1.54) is 25.1 Å². The molecule has 0 saturated heterocycles. The minimum Gasteiger partial charge on any atom is -0.480 e. The second-order valence-corrected chi connectivity index (χ2v) is 10.2. The molecular weight excluding hydrogens is 504 g/mol. The molecule has 3 heterocycles. The SMILES string of the molecule is COc1cnc2c(F)cc(F)c(CNC3(CO)CCC(NCc4cnc5c(n4)NC(=O)CS5)CC3)c2n1. The van der Waals surface area contributed by atoms with Gasteiger partial charge in [-0.15, -0.1) is 0 Å². The Kier molecular flexibility index (Phi) is 7.47. The van der Waals surface area contributed by atoms with Crippen molar-refractivity contribution in [2.75, 3.05) is 24.8 Å². The zero-order valence-corrected chi connectivity index (χ0v) is 21.0. The van der Waals surface area contributed by atoms with Crippen molar-refractivity contribution in [3.8, 4) is 5.88 Å². The highest BCUT2D eigenvalue weighted by atomic mass is 32.2. The van der Waals surface area contributed by atoms with Gasteiger partial charge in [0.25, 0.3) is 0 Å². The number of thioether (sulfide) groups is 1. The van der Waals surface area contributed by atoms with Gasteiger partial charge in [-0.05, 0) is 25.7 Å². The molecule has 0 atom stereocenters. The van der Waals surface area contributed by atoms with Crippen molar-refractivity contribution in [1.82, 2.24) is 30.6 Å². The molecule has 0 unspecified atom stereocenters. The van der Waals surface area contributed by atoms with Gasteiger partial charge in [-0.3, -0.25) is 4.79 Å². The van der Waals surface area contributed by atoms with E-state index in [0.717, 1.165) is 29.6 Å². The first-order valence-corrected chi connectivity index (χ1v) is 12.9. The maximum absolute atomic E-state index is 14.8. The number of carbonyl (C=O) groups excluding carboxylic acids is 1. The Bertz CT molecular complexity index is 1320. The molecule has 1 aliphatic heterocycles. The fourth-order valence-corrected chi connectivity index (χ4v) is 5.38. The van der Waals surface area contributed by atoms with E-state index < -0.39 is 17.2 Å². The van der Waals surface area contributed by atoms with Crippen LogP contribution in [0.15, 0.2) is 23.5 Å². The van der Waals surface area contributed by atoms with Gasteiger partial charge in [0.1, 0.15) is 21.9 Å². The van der Waals surface area contributed by atoms with Crippen LogP contribution in [0.4, 0.5) is 14.6 Å². The van der Waals surface area contributed by atoms with Gasteiger partial charge in [0.2, 0.25) is 11.8 Å². The molecule has 0 spiro atoms. The van der Waals surface area contributed by atoms with Crippen molar-refractivity contribution in [3.63, 3.8) is 0 Å². The summed E-state index contributed by atoms with van der Waals surface area (Å²) in [7, 11) is 1.41. The Hall–Kier alpha value is -3.00. The fourth-order valence-electron chi connectivity index (χ4n) is 4.68. The number of aliphatic hydroxyl groups is 1. The zero-order valence-electron chi connectivity index (χ0n) is 20.2. The number of nitrogens with zero attached hydrogens (tertiary/aromatic N) is 4. The van der Waals surface area contributed by atoms with E-state index in [1.54, 1.807) is 6.20 Å². The van der Waals surface area contributed by atoms with Crippen LogP contribution in [0.3, 0.4) is 0 Å². The molecule has 37 heavy (non-hydrogen) atoms. The Balaban J connectivity index is 1.21. The standard InChI is InChI=1S/C24H27F2N7O3S/c1-36-19-10-28-21-17(26)6-16(25)15(20(21)33-19)9-30-24(12-34)4-2-13(3-5-24)27-7-14-8-29-23-22(31-14)32-18(35)11-37-23/h6,8,10,13,27,30,34H,2-5,7,9,11-12H2,1H3,(H,31,32,35). The molecule has 5 rings (SSSR count). The van der Waals surface area contributed by atoms with Crippen LogP contribution in [0.5, 0.6) is 5.88 Å². The average Bonchev–Trinajstić information content (AvgIpc) is 2.91. The van der Waals surface area contributed by atoms with Crippen LogP contribution in [0.1, 0.15) is 36.9 Å². The summed E-state index contributed by atoms with van der Waals surface area (Å²) in [5.41, 5.74) is 0.355. The first kappa shape index (κ1) is 25.6. The van der Waals surface area contributed by atoms with Crippen molar-refractivity contribution in [3.05, 3.63) is 41.4 Å². The molecule has 196 valence electrons. The highest BCUT2D eigenvalue weighted by molar-refractivity contribution is 8.00. The largest absolute Gasteiger partial charge is 0.480 e. The Morgan fingerprint density at radius 1 is 1.16 bits per heavy atom. The number of methoxy groups -OCH3 is 1. The molecular formula is C24H27F2N7O3S. The van der Waals surface area contributed by atoms with Gasteiger partial charge in [0, 0.05) is 36.3 Å². The maximum atomic E-state index is 14.8. The van der Waals surface area contributed by atoms with Gasteiger partial charge in [-0.1, -0.05) is 11.8 Å². The van der Waals surface area contributed by atoms with Crippen LogP contribution < -0.4 is 20.7 Å². The molecule has 1 fully saturated rings. The summed E-state index contributed by atoms with van der Waals surface area (Å²) in [5.74, 6) is -0.615. The number of hydrogen-bond acceptors (Lipinski definition) is 10. The van der Waals surface area contributed by atoms with E-state index in [2.05, 4.69) is 35.9 Å². The summed E-state index contributed by atoms with van der Waals surface area (Å²) < 4.78 is 34.1. The van der Waals surface area contributed by atoms with E-state index in [4.69, 9.17) is 4.74 Å². The average molecular weight is 532 g/mol. The first-order chi connectivity index (χ1) is 17.9. The number of amides is 1. The number of hydrogen-bond donors (Lipinski definition) is 4. The molecule has 2 aromatic heterocycles. The number of aromatic nitrogens is 4. The number of benzene rings is 1. The first-order valence-electron chi connectivity index (χ1n) is 11.9. The number of halogens is 2. The van der Waals surface area contributed by atoms with Crippen molar-refractivity contribution >= 4 is 34.5 Å². The van der Waals surface area contributed by atoms with Crippen molar-refractivity contribution < 1.29 is 23.4 Å². The quantitative estimate of drug-likeness (QED) is 0.343. The molecule has 10 nitrogen and oxygen atoms in total. The number of ether oxygens (including phenoxy) is 1. The third kappa shape index (κ3) is 5.49. The fraction of sp³-hybridized carbons (Fsp3) is 0.458. The lowest BCUT2D eigenvalue weighted by atomic mass is 9.79. The van der Waals surface area contributed by atoms with Crippen LogP contribution in [0.2, 0.25) is 0 Å². The summed E-state index contributed by atoms with van der Waals surface area (Å²) in [6.45, 7) is 0.430. The zero-order chi connectivity index (χ0) is 26.0. The second-order valence-electron chi connectivity index (χ2n) is 9.23.